The molecule has 1 rings (SSSR count). The Balaban J connectivity index is 2.42. The van der Waals surface area contributed by atoms with Gasteiger partial charge in [-0.15, -0.1) is 0 Å². The highest BCUT2D eigenvalue weighted by Crippen LogP contribution is 2.06. The summed E-state index contributed by atoms with van der Waals surface area (Å²) in [7, 11) is 0. The number of ether oxygens (including phenoxy) is 1. The SMILES string of the molecule is CC(C)(C)OCCn1ccnc1C=O. The van der Waals surface area contributed by atoms with Crippen molar-refractivity contribution in [3.63, 3.8) is 0 Å². The molecule has 14 heavy (non-hydrogen) atoms. The van der Waals surface area contributed by atoms with E-state index in [9.17, 15) is 4.79 Å². The first-order chi connectivity index (χ1) is 6.53. The van der Waals surface area contributed by atoms with Crippen molar-refractivity contribution in [2.45, 2.75) is 32.9 Å². The average molecular weight is 196 g/mol. The van der Waals surface area contributed by atoms with Crippen LogP contribution in [0.5, 0.6) is 0 Å². The van der Waals surface area contributed by atoms with E-state index in [1.807, 2.05) is 20.8 Å². The standard InChI is InChI=1S/C10H16N2O2/c1-10(2,3)14-7-6-12-5-4-11-9(12)8-13/h4-5,8H,6-7H2,1-3H3. The van der Waals surface area contributed by atoms with Crippen molar-refractivity contribution in [3.8, 4) is 0 Å². The first-order valence-electron chi connectivity index (χ1n) is 4.63. The number of rotatable bonds is 4. The lowest BCUT2D eigenvalue weighted by Crippen LogP contribution is -2.22. The Bertz CT molecular complexity index is 299. The molecule has 78 valence electrons. The van der Waals surface area contributed by atoms with Crippen LogP contribution in [-0.2, 0) is 11.3 Å². The van der Waals surface area contributed by atoms with Gasteiger partial charge in [-0.25, -0.2) is 4.98 Å². The van der Waals surface area contributed by atoms with Crippen LogP contribution in [-0.4, -0.2) is 28.0 Å². The predicted molar refractivity (Wildman–Crippen MR) is 53.3 cm³/mol. The molecular weight excluding hydrogens is 180 g/mol. The molecule has 0 amide bonds. The van der Waals surface area contributed by atoms with E-state index in [0.29, 0.717) is 19.0 Å². The van der Waals surface area contributed by atoms with Crippen LogP contribution < -0.4 is 0 Å². The molecule has 4 heteroatoms. The second-order valence-corrected chi connectivity index (χ2v) is 4.06. The fourth-order valence-electron chi connectivity index (χ4n) is 1.08. The van der Waals surface area contributed by atoms with Gasteiger partial charge in [0.15, 0.2) is 12.1 Å². The molecule has 1 aromatic heterocycles. The molecule has 0 saturated carbocycles. The lowest BCUT2D eigenvalue weighted by atomic mass is 10.2. The Kier molecular flexibility index (Phi) is 3.41. The average Bonchev–Trinajstić information content (AvgIpc) is 2.49. The normalized spacial score (nSPS) is 11.6. The third-order valence-electron chi connectivity index (χ3n) is 1.72. The quantitative estimate of drug-likeness (QED) is 0.686. The molecule has 0 aliphatic rings. The van der Waals surface area contributed by atoms with E-state index in [4.69, 9.17) is 4.74 Å². The molecule has 0 aliphatic heterocycles. The van der Waals surface area contributed by atoms with E-state index in [-0.39, 0.29) is 5.60 Å². The topological polar surface area (TPSA) is 44.1 Å². The van der Waals surface area contributed by atoms with E-state index in [0.717, 1.165) is 6.29 Å². The van der Waals surface area contributed by atoms with Crippen molar-refractivity contribution in [2.75, 3.05) is 6.61 Å². The minimum Gasteiger partial charge on any atom is -0.374 e. The van der Waals surface area contributed by atoms with Crippen LogP contribution >= 0.6 is 0 Å². The zero-order valence-electron chi connectivity index (χ0n) is 8.86. The van der Waals surface area contributed by atoms with Crippen LogP contribution in [0.3, 0.4) is 0 Å². The number of carbonyl (C=O) groups excluding carboxylic acids is 1. The Morgan fingerprint density at radius 3 is 2.86 bits per heavy atom. The molecule has 0 unspecified atom stereocenters. The summed E-state index contributed by atoms with van der Waals surface area (Å²) < 4.78 is 7.31. The Labute approximate surface area is 83.9 Å². The number of hydrogen-bond acceptors (Lipinski definition) is 3. The number of imidazole rings is 1. The van der Waals surface area contributed by atoms with Gasteiger partial charge in [0.25, 0.3) is 0 Å². The number of carbonyl (C=O) groups is 1. The second-order valence-electron chi connectivity index (χ2n) is 4.06. The Morgan fingerprint density at radius 2 is 2.29 bits per heavy atom. The summed E-state index contributed by atoms with van der Waals surface area (Å²) in [6, 6.07) is 0. The largest absolute Gasteiger partial charge is 0.374 e. The van der Waals surface area contributed by atoms with Gasteiger partial charge in [0.2, 0.25) is 0 Å². The van der Waals surface area contributed by atoms with Gasteiger partial charge in [0, 0.05) is 18.9 Å². The van der Waals surface area contributed by atoms with Crippen molar-refractivity contribution >= 4 is 6.29 Å². The first kappa shape index (κ1) is 10.9. The van der Waals surface area contributed by atoms with E-state index >= 15 is 0 Å². The maximum absolute atomic E-state index is 10.5. The number of nitrogens with zero attached hydrogens (tertiary/aromatic N) is 2. The van der Waals surface area contributed by atoms with Gasteiger partial charge in [-0.2, -0.15) is 0 Å². The van der Waals surface area contributed by atoms with E-state index < -0.39 is 0 Å². The molecule has 4 nitrogen and oxygen atoms in total. The van der Waals surface area contributed by atoms with Crippen LogP contribution in [0.1, 0.15) is 31.4 Å². The van der Waals surface area contributed by atoms with E-state index in [1.54, 1.807) is 17.0 Å². The fourth-order valence-corrected chi connectivity index (χ4v) is 1.08. The molecule has 1 aromatic rings. The van der Waals surface area contributed by atoms with E-state index in [2.05, 4.69) is 4.98 Å². The van der Waals surface area contributed by atoms with Gasteiger partial charge in [-0.1, -0.05) is 0 Å². The smallest absolute Gasteiger partial charge is 0.185 e. The maximum atomic E-state index is 10.5. The highest BCUT2D eigenvalue weighted by molar-refractivity contribution is 5.69. The zero-order valence-corrected chi connectivity index (χ0v) is 8.86. The zero-order chi connectivity index (χ0) is 10.6. The van der Waals surface area contributed by atoms with Crippen LogP contribution in [0.2, 0.25) is 0 Å². The molecule has 0 aromatic carbocycles. The minimum atomic E-state index is -0.137. The lowest BCUT2D eigenvalue weighted by molar-refractivity contribution is -0.00693. The molecule has 0 saturated heterocycles. The van der Waals surface area contributed by atoms with Gasteiger partial charge in [0.05, 0.1) is 12.2 Å². The molecule has 0 spiro atoms. The Morgan fingerprint density at radius 1 is 1.57 bits per heavy atom. The maximum Gasteiger partial charge on any atom is 0.185 e. The number of aldehydes is 1. The van der Waals surface area contributed by atoms with Gasteiger partial charge < -0.3 is 9.30 Å². The van der Waals surface area contributed by atoms with Crippen molar-refractivity contribution in [3.05, 3.63) is 18.2 Å². The van der Waals surface area contributed by atoms with Crippen LogP contribution in [0.15, 0.2) is 12.4 Å². The molecule has 0 N–H and O–H groups in total. The van der Waals surface area contributed by atoms with Gasteiger partial charge in [0.1, 0.15) is 0 Å². The van der Waals surface area contributed by atoms with Gasteiger partial charge in [-0.3, -0.25) is 4.79 Å². The minimum absolute atomic E-state index is 0.137. The molecule has 0 fully saturated rings. The number of aromatic nitrogens is 2. The second kappa shape index (κ2) is 4.37. The number of hydrogen-bond donors (Lipinski definition) is 0. The molecule has 1 heterocycles. The Hall–Kier alpha value is -1.16. The summed E-state index contributed by atoms with van der Waals surface area (Å²) >= 11 is 0. The predicted octanol–water partition coefficient (Wildman–Crippen LogP) is 1.51. The van der Waals surface area contributed by atoms with Gasteiger partial charge in [-0.05, 0) is 20.8 Å². The third-order valence-corrected chi connectivity index (χ3v) is 1.72. The summed E-state index contributed by atoms with van der Waals surface area (Å²) in [4.78, 5) is 14.4. The lowest BCUT2D eigenvalue weighted by Gasteiger charge is -2.19. The van der Waals surface area contributed by atoms with Crippen molar-refractivity contribution in [1.29, 1.82) is 0 Å². The summed E-state index contributed by atoms with van der Waals surface area (Å²) in [6.45, 7) is 7.25. The fraction of sp³-hybridized carbons (Fsp3) is 0.600. The highest BCUT2D eigenvalue weighted by Gasteiger charge is 2.09. The summed E-state index contributed by atoms with van der Waals surface area (Å²) in [5.41, 5.74) is -0.137. The summed E-state index contributed by atoms with van der Waals surface area (Å²) in [5, 5.41) is 0. The van der Waals surface area contributed by atoms with Crippen LogP contribution in [0.4, 0.5) is 0 Å². The third kappa shape index (κ3) is 3.30. The van der Waals surface area contributed by atoms with Crippen molar-refractivity contribution in [2.24, 2.45) is 0 Å². The van der Waals surface area contributed by atoms with Gasteiger partial charge >= 0.3 is 0 Å². The first-order valence-corrected chi connectivity index (χ1v) is 4.63. The molecule has 0 aliphatic carbocycles. The van der Waals surface area contributed by atoms with E-state index in [1.165, 1.54) is 0 Å². The van der Waals surface area contributed by atoms with Crippen LogP contribution in [0.25, 0.3) is 0 Å². The molecule has 0 bridgehead atoms. The molecular formula is C10H16N2O2. The van der Waals surface area contributed by atoms with Crippen LogP contribution in [0, 0.1) is 0 Å². The molecule has 0 atom stereocenters. The monoisotopic (exact) mass is 196 g/mol. The summed E-state index contributed by atoms with van der Waals surface area (Å²) in [6.07, 6.45) is 4.13. The summed E-state index contributed by atoms with van der Waals surface area (Å²) in [5.74, 6) is 0.447. The molecule has 0 radical (unpaired) electrons. The highest BCUT2D eigenvalue weighted by atomic mass is 16.5. The van der Waals surface area contributed by atoms with Crippen molar-refractivity contribution in [1.82, 2.24) is 9.55 Å². The van der Waals surface area contributed by atoms with Crippen molar-refractivity contribution < 1.29 is 9.53 Å².